The predicted molar refractivity (Wildman–Crippen MR) is 118 cm³/mol. The van der Waals surface area contributed by atoms with Crippen molar-refractivity contribution in [3.05, 3.63) is 70.3 Å². The average molecular weight is 513 g/mol. The fraction of sp³-hybridized carbons (Fsp3) is 0.174. The number of Topliss-reactive ketones (excluding diaryl/α,β-unsaturated/α-hetero) is 1. The van der Waals surface area contributed by atoms with E-state index >= 15 is 0 Å². The molecule has 0 bridgehead atoms. The van der Waals surface area contributed by atoms with E-state index in [1.165, 1.54) is 26.3 Å². The third-order valence-corrected chi connectivity index (χ3v) is 4.95. The van der Waals surface area contributed by atoms with Gasteiger partial charge in [0.25, 0.3) is 5.91 Å². The Morgan fingerprint density at radius 1 is 1.06 bits per heavy atom. The highest BCUT2D eigenvalue weighted by molar-refractivity contribution is 6.35. The Morgan fingerprint density at radius 3 is 2.37 bits per heavy atom. The molecule has 0 atom stereocenters. The van der Waals surface area contributed by atoms with Gasteiger partial charge < -0.3 is 19.5 Å². The van der Waals surface area contributed by atoms with Gasteiger partial charge in [-0.05, 0) is 42.8 Å². The van der Waals surface area contributed by atoms with Crippen LogP contribution in [-0.4, -0.2) is 30.1 Å². The van der Waals surface area contributed by atoms with Gasteiger partial charge in [-0.15, -0.1) is 13.2 Å². The van der Waals surface area contributed by atoms with Crippen molar-refractivity contribution < 1.29 is 41.4 Å². The van der Waals surface area contributed by atoms with Gasteiger partial charge in [0.2, 0.25) is 0 Å². The van der Waals surface area contributed by atoms with Crippen molar-refractivity contribution in [1.82, 2.24) is 4.98 Å². The van der Waals surface area contributed by atoms with E-state index in [2.05, 4.69) is 15.0 Å². The number of nitrogens with zero attached hydrogens (tertiary/aromatic N) is 1. The van der Waals surface area contributed by atoms with Crippen LogP contribution in [0.4, 0.5) is 23.2 Å². The summed E-state index contributed by atoms with van der Waals surface area (Å²) in [4.78, 5) is 28.7. The van der Waals surface area contributed by atoms with Crippen LogP contribution in [0.5, 0.6) is 23.0 Å². The molecule has 0 radical (unpaired) electrons. The standard InChI is InChI=1S/C23H17ClF4N2O5/c1-11-10-29-16(12(2)31)9-15(11)30-22(32)20-18(7-5-14(25)21(20)24)34-17-6-4-13(8-19(17)33-3)35-23(26,27)28/h4-10H,1-3H3,(H,29,30,32). The molecule has 3 aromatic rings. The van der Waals surface area contributed by atoms with Crippen LogP contribution >= 0.6 is 11.6 Å². The SMILES string of the molecule is COc1cc(OC(F)(F)F)ccc1Oc1ccc(F)c(Cl)c1C(=O)Nc1cc(C(C)=O)ncc1C. The van der Waals surface area contributed by atoms with Crippen molar-refractivity contribution in [2.75, 3.05) is 12.4 Å². The molecular weight excluding hydrogens is 496 g/mol. The van der Waals surface area contributed by atoms with Gasteiger partial charge in [0.05, 0.1) is 12.1 Å². The molecule has 2 aromatic carbocycles. The third-order valence-electron chi connectivity index (χ3n) is 4.58. The fourth-order valence-corrected chi connectivity index (χ4v) is 3.16. The molecule has 0 saturated heterocycles. The minimum Gasteiger partial charge on any atom is -0.493 e. The number of anilines is 1. The van der Waals surface area contributed by atoms with E-state index in [1.54, 1.807) is 6.92 Å². The van der Waals surface area contributed by atoms with Gasteiger partial charge in [-0.3, -0.25) is 14.6 Å². The van der Waals surface area contributed by atoms with Crippen molar-refractivity contribution in [3.63, 3.8) is 0 Å². The van der Waals surface area contributed by atoms with Crippen LogP contribution in [0.3, 0.4) is 0 Å². The quantitative estimate of drug-likeness (QED) is 0.294. The molecule has 12 heteroatoms. The topological polar surface area (TPSA) is 86.8 Å². The second-order valence-electron chi connectivity index (χ2n) is 7.09. The molecule has 35 heavy (non-hydrogen) atoms. The van der Waals surface area contributed by atoms with Crippen LogP contribution in [0.25, 0.3) is 0 Å². The van der Waals surface area contributed by atoms with Crippen LogP contribution < -0.4 is 19.5 Å². The van der Waals surface area contributed by atoms with Crippen molar-refractivity contribution in [2.45, 2.75) is 20.2 Å². The van der Waals surface area contributed by atoms with Crippen LogP contribution in [0.15, 0.2) is 42.6 Å². The number of nitrogens with one attached hydrogen (secondary N) is 1. The zero-order valence-corrected chi connectivity index (χ0v) is 19.2. The number of alkyl halides is 3. The Balaban J connectivity index is 1.98. The lowest BCUT2D eigenvalue weighted by Crippen LogP contribution is -2.17. The summed E-state index contributed by atoms with van der Waals surface area (Å²) in [7, 11) is 1.18. The largest absolute Gasteiger partial charge is 0.573 e. The first-order valence-corrected chi connectivity index (χ1v) is 10.2. The lowest BCUT2D eigenvalue weighted by atomic mass is 10.1. The van der Waals surface area contributed by atoms with Gasteiger partial charge >= 0.3 is 6.36 Å². The molecule has 1 aromatic heterocycles. The number of pyridine rings is 1. The van der Waals surface area contributed by atoms with Crippen molar-refractivity contribution in [1.29, 1.82) is 0 Å². The van der Waals surface area contributed by atoms with E-state index < -0.39 is 34.4 Å². The second kappa shape index (κ2) is 10.2. The number of ether oxygens (including phenoxy) is 3. The van der Waals surface area contributed by atoms with Gasteiger partial charge in [-0.2, -0.15) is 0 Å². The minimum absolute atomic E-state index is 0.0959. The normalized spacial score (nSPS) is 11.1. The molecule has 7 nitrogen and oxygen atoms in total. The summed E-state index contributed by atoms with van der Waals surface area (Å²) in [6, 6.07) is 6.44. The smallest absolute Gasteiger partial charge is 0.493 e. The van der Waals surface area contributed by atoms with Crippen LogP contribution in [0.1, 0.15) is 33.3 Å². The van der Waals surface area contributed by atoms with Crippen LogP contribution in [0, 0.1) is 12.7 Å². The number of rotatable bonds is 7. The van der Waals surface area contributed by atoms with E-state index in [4.69, 9.17) is 21.1 Å². The molecule has 3 rings (SSSR count). The highest BCUT2D eigenvalue weighted by atomic mass is 35.5. The molecule has 0 aliphatic carbocycles. The van der Waals surface area contributed by atoms with Crippen molar-refractivity contribution >= 4 is 29.0 Å². The van der Waals surface area contributed by atoms with E-state index in [1.807, 2.05) is 0 Å². The predicted octanol–water partition coefficient (Wildman–Crippen LogP) is 6.34. The number of ketones is 1. The molecule has 0 aliphatic heterocycles. The Bertz CT molecular complexity index is 1300. The number of hydrogen-bond acceptors (Lipinski definition) is 6. The molecule has 0 unspecified atom stereocenters. The summed E-state index contributed by atoms with van der Waals surface area (Å²) in [6.45, 7) is 2.93. The first-order valence-electron chi connectivity index (χ1n) is 9.78. The summed E-state index contributed by atoms with van der Waals surface area (Å²) in [5.74, 6) is -3.16. The van der Waals surface area contributed by atoms with Crippen molar-refractivity contribution in [2.24, 2.45) is 0 Å². The highest BCUT2D eigenvalue weighted by Crippen LogP contribution is 2.39. The van der Waals surface area contributed by atoms with E-state index in [0.29, 0.717) is 5.56 Å². The first kappa shape index (κ1) is 25.8. The number of carbonyl (C=O) groups excluding carboxylic acids is 2. The Kier molecular flexibility index (Phi) is 7.49. The number of carbonyl (C=O) groups is 2. The summed E-state index contributed by atoms with van der Waals surface area (Å²) >= 11 is 6.06. The molecule has 1 N–H and O–H groups in total. The zero-order valence-electron chi connectivity index (χ0n) is 18.4. The Labute approximate surface area is 201 Å². The molecular formula is C23H17ClF4N2O5. The maximum absolute atomic E-state index is 14.2. The maximum Gasteiger partial charge on any atom is 0.573 e. The Morgan fingerprint density at radius 2 is 1.74 bits per heavy atom. The minimum atomic E-state index is -4.92. The fourth-order valence-electron chi connectivity index (χ4n) is 2.91. The van der Waals surface area contributed by atoms with Gasteiger partial charge in [-0.1, -0.05) is 11.6 Å². The number of halogens is 5. The monoisotopic (exact) mass is 512 g/mol. The van der Waals surface area contributed by atoms with Gasteiger partial charge in [-0.25, -0.2) is 4.39 Å². The maximum atomic E-state index is 14.2. The van der Waals surface area contributed by atoms with E-state index in [0.717, 1.165) is 30.3 Å². The van der Waals surface area contributed by atoms with Crippen LogP contribution in [0.2, 0.25) is 5.02 Å². The molecule has 1 heterocycles. The number of methoxy groups -OCH3 is 1. The summed E-state index contributed by atoms with van der Waals surface area (Å²) in [6.07, 6.45) is -3.54. The average Bonchev–Trinajstić information content (AvgIpc) is 2.77. The van der Waals surface area contributed by atoms with E-state index in [9.17, 15) is 27.2 Å². The first-order chi connectivity index (χ1) is 16.4. The zero-order chi connectivity index (χ0) is 25.9. The number of aromatic nitrogens is 1. The summed E-state index contributed by atoms with van der Waals surface area (Å²) in [5.41, 5.74) is 0.441. The third kappa shape index (κ3) is 6.18. The molecule has 0 aliphatic rings. The molecule has 1 amide bonds. The molecule has 184 valence electrons. The van der Waals surface area contributed by atoms with Crippen LogP contribution in [-0.2, 0) is 0 Å². The molecule has 0 fully saturated rings. The Hall–Kier alpha value is -3.86. The molecule has 0 spiro atoms. The van der Waals surface area contributed by atoms with Gasteiger partial charge in [0.15, 0.2) is 17.3 Å². The van der Waals surface area contributed by atoms with Gasteiger partial charge in [0, 0.05) is 24.9 Å². The second-order valence-corrected chi connectivity index (χ2v) is 7.47. The lowest BCUT2D eigenvalue weighted by Gasteiger charge is -2.17. The van der Waals surface area contributed by atoms with Gasteiger partial charge in [0.1, 0.15) is 28.6 Å². The van der Waals surface area contributed by atoms with E-state index in [-0.39, 0.29) is 34.4 Å². The number of amides is 1. The summed E-state index contributed by atoms with van der Waals surface area (Å²) < 4.78 is 66.3. The lowest BCUT2D eigenvalue weighted by molar-refractivity contribution is -0.274. The number of aryl methyl sites for hydroxylation is 1. The number of benzene rings is 2. The molecule has 0 saturated carbocycles. The summed E-state index contributed by atoms with van der Waals surface area (Å²) in [5, 5.41) is 1.98. The van der Waals surface area contributed by atoms with Crippen molar-refractivity contribution in [3.8, 4) is 23.0 Å². The highest BCUT2D eigenvalue weighted by Gasteiger charge is 2.31. The number of hydrogen-bond donors (Lipinski definition) is 1.